The van der Waals surface area contributed by atoms with Crippen molar-refractivity contribution in [1.82, 2.24) is 15.5 Å². The lowest BCUT2D eigenvalue weighted by atomic mass is 10.2. The lowest BCUT2D eigenvalue weighted by Crippen LogP contribution is -2.40. The molecule has 1 unspecified atom stereocenters. The first kappa shape index (κ1) is 12.4. The van der Waals surface area contributed by atoms with Crippen molar-refractivity contribution in [2.45, 2.75) is 19.4 Å². The second kappa shape index (κ2) is 5.41. The maximum absolute atomic E-state index is 11.5. The predicted molar refractivity (Wildman–Crippen MR) is 56.2 cm³/mol. The fourth-order valence-corrected chi connectivity index (χ4v) is 1.11. The molecule has 0 saturated heterocycles. The van der Waals surface area contributed by atoms with Gasteiger partial charge in [-0.25, -0.2) is 4.79 Å². The van der Waals surface area contributed by atoms with E-state index in [0.29, 0.717) is 6.42 Å². The normalized spacial score (nSPS) is 11.9. The Morgan fingerprint density at radius 3 is 2.62 bits per heavy atom. The van der Waals surface area contributed by atoms with E-state index in [9.17, 15) is 9.59 Å². The lowest BCUT2D eigenvalue weighted by molar-refractivity contribution is -0.139. The van der Waals surface area contributed by atoms with Gasteiger partial charge in [0, 0.05) is 0 Å². The first-order valence-electron chi connectivity index (χ1n) is 4.57. The molecule has 0 radical (unpaired) electrons. The minimum absolute atomic E-state index is 0.0316. The summed E-state index contributed by atoms with van der Waals surface area (Å²) in [6.45, 7) is 1.66. The van der Waals surface area contributed by atoms with Crippen molar-refractivity contribution in [1.29, 1.82) is 0 Å². The van der Waals surface area contributed by atoms with E-state index >= 15 is 0 Å². The molecule has 0 spiro atoms. The van der Waals surface area contributed by atoms with Gasteiger partial charge in [-0.15, -0.1) is 10.2 Å². The summed E-state index contributed by atoms with van der Waals surface area (Å²) in [5.74, 6) is -1.67. The molecule has 2 N–H and O–H groups in total. The summed E-state index contributed by atoms with van der Waals surface area (Å²) in [4.78, 5) is 22.2. The number of nitrogens with zero attached hydrogens (tertiary/aromatic N) is 2. The van der Waals surface area contributed by atoms with Crippen LogP contribution in [0.3, 0.4) is 0 Å². The number of carbonyl (C=O) groups excluding carboxylic acids is 1. The van der Waals surface area contributed by atoms with Gasteiger partial charge in [-0.3, -0.25) is 4.79 Å². The number of aromatic nitrogens is 2. The molecule has 1 atom stereocenters. The van der Waals surface area contributed by atoms with Crippen molar-refractivity contribution >= 4 is 23.5 Å². The average Bonchev–Trinajstić information content (AvgIpc) is 2.26. The molecule has 0 fully saturated rings. The summed E-state index contributed by atoms with van der Waals surface area (Å²) in [6, 6.07) is 1.86. The van der Waals surface area contributed by atoms with Crippen LogP contribution in [0.4, 0.5) is 0 Å². The lowest BCUT2D eigenvalue weighted by Gasteiger charge is -2.11. The van der Waals surface area contributed by atoms with Crippen LogP contribution in [0, 0.1) is 0 Å². The third kappa shape index (κ3) is 3.16. The number of hydrogen-bond acceptors (Lipinski definition) is 4. The summed E-state index contributed by atoms with van der Waals surface area (Å²) >= 11 is 5.50. The van der Waals surface area contributed by atoms with Crippen molar-refractivity contribution in [3.05, 3.63) is 23.0 Å². The number of halogens is 1. The van der Waals surface area contributed by atoms with E-state index in [4.69, 9.17) is 16.7 Å². The maximum atomic E-state index is 11.5. The van der Waals surface area contributed by atoms with Crippen molar-refractivity contribution in [3.63, 3.8) is 0 Å². The highest BCUT2D eigenvalue weighted by Crippen LogP contribution is 2.02. The van der Waals surface area contributed by atoms with Crippen LogP contribution in [-0.4, -0.2) is 33.2 Å². The molecule has 6 nitrogen and oxygen atoms in total. The average molecular weight is 244 g/mol. The highest BCUT2D eigenvalue weighted by Gasteiger charge is 2.19. The first-order valence-corrected chi connectivity index (χ1v) is 4.95. The minimum Gasteiger partial charge on any atom is -0.480 e. The van der Waals surface area contributed by atoms with Gasteiger partial charge in [-0.2, -0.15) is 0 Å². The number of hydrogen-bond donors (Lipinski definition) is 2. The fourth-order valence-electron chi connectivity index (χ4n) is 1.01. The second-order valence-corrected chi connectivity index (χ2v) is 3.40. The number of carboxylic acid groups (broad SMARTS) is 1. The van der Waals surface area contributed by atoms with E-state index in [0.717, 1.165) is 0 Å². The van der Waals surface area contributed by atoms with Crippen LogP contribution < -0.4 is 5.32 Å². The Kier molecular flexibility index (Phi) is 4.19. The molecule has 1 aromatic rings. The van der Waals surface area contributed by atoms with E-state index in [-0.39, 0.29) is 10.8 Å². The molecule has 7 heteroatoms. The van der Waals surface area contributed by atoms with E-state index < -0.39 is 17.9 Å². The SMILES string of the molecule is CCC(NC(=O)c1ccc(Cl)nn1)C(=O)O. The third-order valence-electron chi connectivity index (χ3n) is 1.88. The van der Waals surface area contributed by atoms with Crippen LogP contribution in [0.1, 0.15) is 23.8 Å². The van der Waals surface area contributed by atoms with Crippen LogP contribution in [0.2, 0.25) is 5.15 Å². The van der Waals surface area contributed by atoms with E-state index in [1.807, 2.05) is 0 Å². The smallest absolute Gasteiger partial charge is 0.326 e. The predicted octanol–water partition coefficient (Wildman–Crippen LogP) is 0.723. The zero-order valence-electron chi connectivity index (χ0n) is 8.48. The molecule has 1 rings (SSSR count). The standard InChI is InChI=1S/C9H10ClN3O3/c1-2-5(9(15)16)11-8(14)6-3-4-7(10)13-12-6/h3-5H,2H2,1H3,(H,11,14)(H,15,16). The zero-order valence-corrected chi connectivity index (χ0v) is 9.23. The molecule has 1 amide bonds. The van der Waals surface area contributed by atoms with Gasteiger partial charge in [0.25, 0.3) is 5.91 Å². The first-order chi connectivity index (χ1) is 7.54. The third-order valence-corrected chi connectivity index (χ3v) is 2.08. The highest BCUT2D eigenvalue weighted by molar-refractivity contribution is 6.29. The van der Waals surface area contributed by atoms with E-state index in [1.54, 1.807) is 6.92 Å². The molecular weight excluding hydrogens is 234 g/mol. The zero-order chi connectivity index (χ0) is 12.1. The van der Waals surface area contributed by atoms with Crippen LogP contribution in [0.25, 0.3) is 0 Å². The van der Waals surface area contributed by atoms with Crippen molar-refractivity contribution in [2.24, 2.45) is 0 Å². The fraction of sp³-hybridized carbons (Fsp3) is 0.333. The molecule has 0 aliphatic rings. The summed E-state index contributed by atoms with van der Waals surface area (Å²) in [6.07, 6.45) is 0.294. The van der Waals surface area contributed by atoms with Gasteiger partial charge >= 0.3 is 5.97 Å². The molecule has 0 bridgehead atoms. The van der Waals surface area contributed by atoms with Crippen LogP contribution in [0.15, 0.2) is 12.1 Å². The summed E-state index contributed by atoms with van der Waals surface area (Å²) in [5.41, 5.74) is 0.0316. The van der Waals surface area contributed by atoms with Gasteiger partial charge in [0.05, 0.1) is 0 Å². The van der Waals surface area contributed by atoms with Crippen molar-refractivity contribution < 1.29 is 14.7 Å². The van der Waals surface area contributed by atoms with Crippen LogP contribution >= 0.6 is 11.6 Å². The number of nitrogens with one attached hydrogen (secondary N) is 1. The van der Waals surface area contributed by atoms with Gasteiger partial charge in [0.15, 0.2) is 10.8 Å². The van der Waals surface area contributed by atoms with E-state index in [1.165, 1.54) is 12.1 Å². The molecule has 0 saturated carbocycles. The Hall–Kier alpha value is -1.69. The van der Waals surface area contributed by atoms with Crippen molar-refractivity contribution in [3.8, 4) is 0 Å². The van der Waals surface area contributed by atoms with Crippen LogP contribution in [-0.2, 0) is 4.79 Å². The number of carbonyl (C=O) groups is 2. The Bertz CT molecular complexity index is 393. The summed E-state index contributed by atoms with van der Waals surface area (Å²) < 4.78 is 0. The van der Waals surface area contributed by atoms with Gasteiger partial charge < -0.3 is 10.4 Å². The quantitative estimate of drug-likeness (QED) is 0.813. The maximum Gasteiger partial charge on any atom is 0.326 e. The molecule has 0 aromatic carbocycles. The van der Waals surface area contributed by atoms with E-state index in [2.05, 4.69) is 15.5 Å². The Labute approximate surface area is 96.6 Å². The van der Waals surface area contributed by atoms with Crippen molar-refractivity contribution in [2.75, 3.05) is 0 Å². The second-order valence-electron chi connectivity index (χ2n) is 3.01. The molecular formula is C9H10ClN3O3. The Morgan fingerprint density at radius 1 is 1.50 bits per heavy atom. The molecule has 16 heavy (non-hydrogen) atoms. The summed E-state index contributed by atoms with van der Waals surface area (Å²) in [7, 11) is 0. The minimum atomic E-state index is -1.09. The number of carboxylic acids is 1. The Balaban J connectivity index is 2.71. The summed E-state index contributed by atoms with van der Waals surface area (Å²) in [5, 5.41) is 18.3. The number of rotatable bonds is 4. The molecule has 86 valence electrons. The highest BCUT2D eigenvalue weighted by atomic mass is 35.5. The largest absolute Gasteiger partial charge is 0.480 e. The van der Waals surface area contributed by atoms with Gasteiger partial charge in [0.1, 0.15) is 6.04 Å². The number of aliphatic carboxylic acids is 1. The molecule has 1 aromatic heterocycles. The van der Waals surface area contributed by atoms with Gasteiger partial charge in [0.2, 0.25) is 0 Å². The monoisotopic (exact) mass is 243 g/mol. The molecule has 1 heterocycles. The van der Waals surface area contributed by atoms with Gasteiger partial charge in [-0.05, 0) is 18.6 Å². The number of amides is 1. The molecule has 0 aliphatic heterocycles. The van der Waals surface area contributed by atoms with Crippen LogP contribution in [0.5, 0.6) is 0 Å². The molecule has 0 aliphatic carbocycles. The van der Waals surface area contributed by atoms with Gasteiger partial charge in [-0.1, -0.05) is 18.5 Å². The Morgan fingerprint density at radius 2 is 2.19 bits per heavy atom. The topological polar surface area (TPSA) is 92.2 Å².